The van der Waals surface area contributed by atoms with Crippen LogP contribution in [-0.2, 0) is 6.42 Å². The normalized spacial score (nSPS) is 11.2. The first-order chi connectivity index (χ1) is 7.20. The Hall–Kier alpha value is -0.670. The van der Waals surface area contributed by atoms with Crippen molar-refractivity contribution in [3.05, 3.63) is 28.1 Å². The molecular weight excluding hydrogens is 222 g/mol. The molecule has 0 N–H and O–H groups in total. The number of thiazole rings is 1. The molecule has 0 aliphatic rings. The average molecular weight is 237 g/mol. The van der Waals surface area contributed by atoms with E-state index in [2.05, 4.69) is 43.3 Å². The second kappa shape index (κ2) is 4.45. The molecule has 0 radical (unpaired) electrons. The molecule has 2 heterocycles. The number of rotatable bonds is 3. The lowest BCUT2D eigenvalue weighted by molar-refractivity contribution is 0.890. The maximum absolute atomic E-state index is 4.60. The fraction of sp³-hybridized carbons (Fsp3) is 0.417. The number of hydrogen-bond acceptors (Lipinski definition) is 3. The van der Waals surface area contributed by atoms with Crippen molar-refractivity contribution in [1.29, 1.82) is 0 Å². The summed E-state index contributed by atoms with van der Waals surface area (Å²) >= 11 is 3.62. The summed E-state index contributed by atoms with van der Waals surface area (Å²) in [5, 5.41) is 3.33. The zero-order valence-electron chi connectivity index (χ0n) is 9.28. The molecule has 1 nitrogen and oxygen atoms in total. The van der Waals surface area contributed by atoms with Gasteiger partial charge in [0.15, 0.2) is 0 Å². The van der Waals surface area contributed by atoms with E-state index in [-0.39, 0.29) is 0 Å². The minimum absolute atomic E-state index is 0.620. The SMILES string of the molecule is CCc1csc(-c2ccc(C(C)C)s2)n1. The summed E-state index contributed by atoms with van der Waals surface area (Å²) in [6, 6.07) is 4.41. The third kappa shape index (κ3) is 2.29. The molecule has 0 amide bonds. The Kier molecular flexibility index (Phi) is 3.22. The Bertz CT molecular complexity index is 440. The highest BCUT2D eigenvalue weighted by atomic mass is 32.1. The van der Waals surface area contributed by atoms with Gasteiger partial charge in [-0.1, -0.05) is 20.8 Å². The van der Waals surface area contributed by atoms with Gasteiger partial charge in [0.25, 0.3) is 0 Å². The van der Waals surface area contributed by atoms with Gasteiger partial charge in [-0.05, 0) is 24.5 Å². The fourth-order valence-corrected chi connectivity index (χ4v) is 3.35. The lowest BCUT2D eigenvalue weighted by Gasteiger charge is -1.97. The zero-order valence-corrected chi connectivity index (χ0v) is 10.9. The molecule has 0 saturated heterocycles. The Morgan fingerprint density at radius 1 is 1.33 bits per heavy atom. The van der Waals surface area contributed by atoms with Gasteiger partial charge >= 0.3 is 0 Å². The van der Waals surface area contributed by atoms with Crippen LogP contribution >= 0.6 is 22.7 Å². The third-order valence-electron chi connectivity index (χ3n) is 2.32. The molecule has 0 saturated carbocycles. The van der Waals surface area contributed by atoms with Crippen molar-refractivity contribution < 1.29 is 0 Å². The van der Waals surface area contributed by atoms with Crippen LogP contribution in [0.15, 0.2) is 17.5 Å². The van der Waals surface area contributed by atoms with Crippen molar-refractivity contribution in [2.45, 2.75) is 33.1 Å². The topological polar surface area (TPSA) is 12.9 Å². The highest BCUT2D eigenvalue weighted by molar-refractivity contribution is 7.21. The lowest BCUT2D eigenvalue weighted by atomic mass is 10.2. The number of hydrogen-bond donors (Lipinski definition) is 0. The van der Waals surface area contributed by atoms with E-state index in [0.29, 0.717) is 5.92 Å². The summed E-state index contributed by atoms with van der Waals surface area (Å²) in [6.45, 7) is 6.61. The van der Waals surface area contributed by atoms with Crippen molar-refractivity contribution >= 4 is 22.7 Å². The molecule has 2 aromatic rings. The number of nitrogens with zero attached hydrogens (tertiary/aromatic N) is 1. The second-order valence-corrected chi connectivity index (χ2v) is 5.83. The van der Waals surface area contributed by atoms with Crippen molar-refractivity contribution in [3.8, 4) is 9.88 Å². The van der Waals surface area contributed by atoms with Crippen LogP contribution in [0, 0.1) is 0 Å². The lowest BCUT2D eigenvalue weighted by Crippen LogP contribution is -1.78. The second-order valence-electron chi connectivity index (χ2n) is 3.85. The molecule has 80 valence electrons. The summed E-state index contributed by atoms with van der Waals surface area (Å²) < 4.78 is 0. The van der Waals surface area contributed by atoms with E-state index in [4.69, 9.17) is 0 Å². The maximum Gasteiger partial charge on any atom is 0.133 e. The van der Waals surface area contributed by atoms with Crippen LogP contribution in [0.1, 0.15) is 37.3 Å². The summed E-state index contributed by atoms with van der Waals surface area (Å²) in [4.78, 5) is 7.35. The highest BCUT2D eigenvalue weighted by Crippen LogP contribution is 2.33. The van der Waals surface area contributed by atoms with Crippen LogP contribution in [0.2, 0.25) is 0 Å². The van der Waals surface area contributed by atoms with Crippen molar-refractivity contribution in [2.24, 2.45) is 0 Å². The molecule has 15 heavy (non-hydrogen) atoms. The minimum Gasteiger partial charge on any atom is -0.240 e. The van der Waals surface area contributed by atoms with Crippen LogP contribution in [0.3, 0.4) is 0 Å². The molecular formula is C12H15NS2. The van der Waals surface area contributed by atoms with E-state index in [9.17, 15) is 0 Å². The quantitative estimate of drug-likeness (QED) is 0.762. The Balaban J connectivity index is 2.28. The molecule has 0 aliphatic heterocycles. The van der Waals surface area contributed by atoms with Crippen LogP contribution < -0.4 is 0 Å². The van der Waals surface area contributed by atoms with Gasteiger partial charge in [-0.15, -0.1) is 22.7 Å². The van der Waals surface area contributed by atoms with E-state index < -0.39 is 0 Å². The minimum atomic E-state index is 0.620. The zero-order chi connectivity index (χ0) is 10.8. The monoisotopic (exact) mass is 237 g/mol. The van der Waals surface area contributed by atoms with E-state index in [1.807, 2.05) is 11.3 Å². The predicted molar refractivity (Wildman–Crippen MR) is 68.9 cm³/mol. The molecule has 3 heteroatoms. The highest BCUT2D eigenvalue weighted by Gasteiger charge is 2.08. The first-order valence-electron chi connectivity index (χ1n) is 5.25. The van der Waals surface area contributed by atoms with Gasteiger partial charge in [0, 0.05) is 10.3 Å². The first-order valence-corrected chi connectivity index (χ1v) is 6.94. The molecule has 0 spiro atoms. The smallest absolute Gasteiger partial charge is 0.133 e. The molecule has 0 bridgehead atoms. The van der Waals surface area contributed by atoms with Crippen LogP contribution in [0.5, 0.6) is 0 Å². The van der Waals surface area contributed by atoms with Gasteiger partial charge in [0.1, 0.15) is 5.01 Å². The Morgan fingerprint density at radius 3 is 2.67 bits per heavy atom. The van der Waals surface area contributed by atoms with E-state index >= 15 is 0 Å². The summed E-state index contributed by atoms with van der Waals surface area (Å²) in [5.74, 6) is 0.620. The molecule has 0 unspecified atom stereocenters. The largest absolute Gasteiger partial charge is 0.240 e. The number of thiophene rings is 1. The number of aromatic nitrogens is 1. The predicted octanol–water partition coefficient (Wildman–Crippen LogP) is 4.56. The Labute approximate surface area is 98.8 Å². The summed E-state index contributed by atoms with van der Waals surface area (Å²) in [5.41, 5.74) is 1.20. The average Bonchev–Trinajstić information content (AvgIpc) is 2.86. The van der Waals surface area contributed by atoms with Crippen LogP contribution in [0.4, 0.5) is 0 Å². The summed E-state index contributed by atoms with van der Waals surface area (Å²) in [7, 11) is 0. The number of aryl methyl sites for hydroxylation is 1. The summed E-state index contributed by atoms with van der Waals surface area (Å²) in [6.07, 6.45) is 1.03. The standard InChI is InChI=1S/C12H15NS2/c1-4-9-7-14-12(13-9)11-6-5-10(15-11)8(2)3/h5-8H,4H2,1-3H3. The molecule has 2 rings (SSSR count). The molecule has 0 aliphatic carbocycles. The van der Waals surface area contributed by atoms with Crippen LogP contribution in [-0.4, -0.2) is 4.98 Å². The fourth-order valence-electron chi connectivity index (χ4n) is 1.36. The van der Waals surface area contributed by atoms with Gasteiger partial charge in [0.05, 0.1) is 10.6 Å². The van der Waals surface area contributed by atoms with E-state index in [1.165, 1.54) is 20.5 Å². The van der Waals surface area contributed by atoms with Gasteiger partial charge in [-0.25, -0.2) is 4.98 Å². The van der Waals surface area contributed by atoms with Crippen molar-refractivity contribution in [1.82, 2.24) is 4.98 Å². The van der Waals surface area contributed by atoms with Gasteiger partial charge in [-0.3, -0.25) is 0 Å². The maximum atomic E-state index is 4.60. The molecule has 0 aromatic carbocycles. The van der Waals surface area contributed by atoms with Crippen molar-refractivity contribution in [2.75, 3.05) is 0 Å². The van der Waals surface area contributed by atoms with Gasteiger partial charge < -0.3 is 0 Å². The van der Waals surface area contributed by atoms with Crippen LogP contribution in [0.25, 0.3) is 9.88 Å². The molecule has 0 fully saturated rings. The van der Waals surface area contributed by atoms with E-state index in [0.717, 1.165) is 6.42 Å². The Morgan fingerprint density at radius 2 is 2.13 bits per heavy atom. The van der Waals surface area contributed by atoms with E-state index in [1.54, 1.807) is 11.3 Å². The van der Waals surface area contributed by atoms with Crippen molar-refractivity contribution in [3.63, 3.8) is 0 Å². The first kappa shape index (κ1) is 10.8. The van der Waals surface area contributed by atoms with Gasteiger partial charge in [-0.2, -0.15) is 0 Å². The molecule has 2 aromatic heterocycles. The molecule has 0 atom stereocenters. The van der Waals surface area contributed by atoms with Gasteiger partial charge in [0.2, 0.25) is 0 Å². The third-order valence-corrected chi connectivity index (χ3v) is 4.77.